The molecular formula is C25H27N5. The highest BCUT2D eigenvalue weighted by molar-refractivity contribution is 5.85. The zero-order valence-electron chi connectivity index (χ0n) is 17.6. The van der Waals surface area contributed by atoms with Crippen molar-refractivity contribution in [3.05, 3.63) is 83.8 Å². The first kappa shape index (κ1) is 20.0. The summed E-state index contributed by atoms with van der Waals surface area (Å²) in [7, 11) is 0. The molecule has 30 heavy (non-hydrogen) atoms. The molecule has 0 radical (unpaired) electrons. The Hall–Kier alpha value is -3.31. The fourth-order valence-electron chi connectivity index (χ4n) is 3.66. The van der Waals surface area contributed by atoms with Crippen LogP contribution >= 0.6 is 0 Å². The maximum atomic E-state index is 6.01. The third kappa shape index (κ3) is 4.47. The summed E-state index contributed by atoms with van der Waals surface area (Å²) < 4.78 is 0. The fourth-order valence-corrected chi connectivity index (χ4v) is 3.66. The quantitative estimate of drug-likeness (QED) is 0.475. The third-order valence-corrected chi connectivity index (χ3v) is 5.32. The summed E-state index contributed by atoms with van der Waals surface area (Å²) in [5.41, 5.74) is 12.8. The summed E-state index contributed by atoms with van der Waals surface area (Å²) in [5.74, 6) is 0.642. The first-order valence-corrected chi connectivity index (χ1v) is 10.3. The van der Waals surface area contributed by atoms with Crippen molar-refractivity contribution < 1.29 is 0 Å². The number of fused-ring (bicyclic) bond motifs is 1. The average Bonchev–Trinajstić information content (AvgIpc) is 2.74. The van der Waals surface area contributed by atoms with Crippen LogP contribution in [0.5, 0.6) is 0 Å². The number of anilines is 1. The van der Waals surface area contributed by atoms with Crippen LogP contribution in [0.4, 0.5) is 5.95 Å². The lowest BCUT2D eigenvalue weighted by atomic mass is 10.0. The van der Waals surface area contributed by atoms with Crippen LogP contribution in [-0.2, 0) is 6.42 Å². The van der Waals surface area contributed by atoms with Gasteiger partial charge in [0.2, 0.25) is 5.95 Å². The Balaban J connectivity index is 1.50. The van der Waals surface area contributed by atoms with Crippen LogP contribution in [0, 0.1) is 6.92 Å². The van der Waals surface area contributed by atoms with Crippen LogP contribution in [0.15, 0.2) is 67.1 Å². The van der Waals surface area contributed by atoms with Crippen molar-refractivity contribution in [1.29, 1.82) is 0 Å². The van der Waals surface area contributed by atoms with E-state index in [2.05, 4.69) is 65.5 Å². The molecule has 5 nitrogen and oxygen atoms in total. The zero-order chi connectivity index (χ0) is 21.1. The maximum Gasteiger partial charge on any atom is 0.223 e. The Morgan fingerprint density at radius 2 is 1.90 bits per heavy atom. The highest BCUT2D eigenvalue weighted by Gasteiger charge is 2.09. The van der Waals surface area contributed by atoms with E-state index in [1.165, 1.54) is 11.1 Å². The van der Waals surface area contributed by atoms with Crippen LogP contribution in [0.2, 0.25) is 0 Å². The molecule has 2 aromatic heterocycles. The number of nitrogens with zero attached hydrogens (tertiary/aromatic N) is 3. The van der Waals surface area contributed by atoms with E-state index < -0.39 is 0 Å². The Kier molecular flexibility index (Phi) is 5.72. The summed E-state index contributed by atoms with van der Waals surface area (Å²) in [6.45, 7) is 6.24. The van der Waals surface area contributed by atoms with E-state index in [1.54, 1.807) is 0 Å². The molecule has 0 aliphatic carbocycles. The summed E-state index contributed by atoms with van der Waals surface area (Å²) in [6, 6.07) is 16.9. The molecule has 2 heterocycles. The van der Waals surface area contributed by atoms with Crippen LogP contribution in [-0.4, -0.2) is 21.0 Å². The second-order valence-corrected chi connectivity index (χ2v) is 7.94. The molecule has 0 amide bonds. The SMILES string of the molecule is Cc1ccncc1-c1ccc2nc(NC(C)Cc3cccc(C(C)N)c3)ncc2c1. The van der Waals surface area contributed by atoms with Crippen molar-refractivity contribution >= 4 is 16.9 Å². The van der Waals surface area contributed by atoms with E-state index in [0.717, 1.165) is 34.0 Å². The second kappa shape index (κ2) is 8.59. The maximum absolute atomic E-state index is 6.01. The molecule has 0 fully saturated rings. The standard InChI is InChI=1S/C25H27N5/c1-16-9-10-27-15-23(16)21-7-8-24-22(13-21)14-28-25(30-24)29-17(2)11-19-5-4-6-20(12-19)18(3)26/h4-10,12-15,17-18H,11,26H2,1-3H3,(H,28,29,30). The summed E-state index contributed by atoms with van der Waals surface area (Å²) in [4.78, 5) is 13.5. The molecule has 0 aliphatic rings. The van der Waals surface area contributed by atoms with Crippen LogP contribution in [0.25, 0.3) is 22.0 Å². The molecule has 2 atom stereocenters. The lowest BCUT2D eigenvalue weighted by molar-refractivity contribution is 0.769. The topological polar surface area (TPSA) is 76.7 Å². The van der Waals surface area contributed by atoms with Crippen LogP contribution < -0.4 is 11.1 Å². The number of hydrogen-bond acceptors (Lipinski definition) is 5. The normalized spacial score (nSPS) is 13.2. The van der Waals surface area contributed by atoms with Gasteiger partial charge in [-0.1, -0.05) is 30.3 Å². The summed E-state index contributed by atoms with van der Waals surface area (Å²) in [5, 5.41) is 4.44. The Morgan fingerprint density at radius 1 is 1.03 bits per heavy atom. The molecule has 4 aromatic rings. The minimum absolute atomic E-state index is 0.0392. The van der Waals surface area contributed by atoms with Gasteiger partial charge in [-0.25, -0.2) is 9.97 Å². The number of benzene rings is 2. The number of aromatic nitrogens is 3. The van der Waals surface area contributed by atoms with Crippen LogP contribution in [0.1, 0.15) is 36.6 Å². The van der Waals surface area contributed by atoms with Gasteiger partial charge in [-0.15, -0.1) is 0 Å². The van der Waals surface area contributed by atoms with Gasteiger partial charge >= 0.3 is 0 Å². The van der Waals surface area contributed by atoms with Gasteiger partial charge in [-0.2, -0.15) is 0 Å². The van der Waals surface area contributed by atoms with Crippen molar-refractivity contribution in [1.82, 2.24) is 15.0 Å². The zero-order valence-corrected chi connectivity index (χ0v) is 17.6. The van der Waals surface area contributed by atoms with E-state index in [0.29, 0.717) is 5.95 Å². The smallest absolute Gasteiger partial charge is 0.223 e. The Labute approximate surface area is 177 Å². The van der Waals surface area contributed by atoms with Gasteiger partial charge in [-0.3, -0.25) is 4.98 Å². The predicted molar refractivity (Wildman–Crippen MR) is 123 cm³/mol. The number of pyridine rings is 1. The minimum Gasteiger partial charge on any atom is -0.351 e. The van der Waals surface area contributed by atoms with Crippen molar-refractivity contribution in [2.75, 3.05) is 5.32 Å². The summed E-state index contributed by atoms with van der Waals surface area (Å²) >= 11 is 0. The van der Waals surface area contributed by atoms with Gasteiger partial charge in [-0.05, 0) is 67.6 Å². The minimum atomic E-state index is 0.0392. The van der Waals surface area contributed by atoms with E-state index in [4.69, 9.17) is 10.7 Å². The molecule has 0 spiro atoms. The first-order valence-electron chi connectivity index (χ1n) is 10.3. The Morgan fingerprint density at radius 3 is 2.70 bits per heavy atom. The predicted octanol–water partition coefficient (Wildman–Crippen LogP) is 5.06. The molecule has 3 N–H and O–H groups in total. The van der Waals surface area contributed by atoms with E-state index in [-0.39, 0.29) is 12.1 Å². The number of rotatable bonds is 6. The summed E-state index contributed by atoms with van der Waals surface area (Å²) in [6.07, 6.45) is 6.47. The Bertz CT molecular complexity index is 1170. The van der Waals surface area contributed by atoms with Gasteiger partial charge in [0.05, 0.1) is 5.52 Å². The lowest BCUT2D eigenvalue weighted by Crippen LogP contribution is -2.20. The number of nitrogens with one attached hydrogen (secondary N) is 1. The monoisotopic (exact) mass is 397 g/mol. The number of aryl methyl sites for hydroxylation is 1. The molecule has 0 bridgehead atoms. The molecule has 0 saturated carbocycles. The van der Waals surface area contributed by atoms with Crippen molar-refractivity contribution in [2.24, 2.45) is 5.73 Å². The van der Waals surface area contributed by atoms with Gasteiger partial charge in [0.1, 0.15) is 0 Å². The van der Waals surface area contributed by atoms with E-state index in [1.807, 2.05) is 37.6 Å². The number of nitrogens with two attached hydrogens (primary N) is 1. The molecule has 0 aliphatic heterocycles. The molecule has 0 saturated heterocycles. The lowest BCUT2D eigenvalue weighted by Gasteiger charge is -2.15. The highest BCUT2D eigenvalue weighted by atomic mass is 15.1. The molecule has 4 rings (SSSR count). The van der Waals surface area contributed by atoms with Gasteiger partial charge in [0, 0.05) is 41.6 Å². The number of hydrogen-bond donors (Lipinski definition) is 2. The van der Waals surface area contributed by atoms with Gasteiger partial charge in [0.25, 0.3) is 0 Å². The van der Waals surface area contributed by atoms with Crippen LogP contribution in [0.3, 0.4) is 0 Å². The highest BCUT2D eigenvalue weighted by Crippen LogP contribution is 2.26. The second-order valence-electron chi connectivity index (χ2n) is 7.94. The molecular weight excluding hydrogens is 370 g/mol. The molecule has 2 unspecified atom stereocenters. The van der Waals surface area contributed by atoms with Crippen molar-refractivity contribution in [3.63, 3.8) is 0 Å². The van der Waals surface area contributed by atoms with E-state index >= 15 is 0 Å². The van der Waals surface area contributed by atoms with Crippen molar-refractivity contribution in [2.45, 2.75) is 39.3 Å². The van der Waals surface area contributed by atoms with Gasteiger partial charge in [0.15, 0.2) is 0 Å². The molecule has 2 aromatic carbocycles. The first-order chi connectivity index (χ1) is 14.5. The fraction of sp³-hybridized carbons (Fsp3) is 0.240. The molecule has 5 heteroatoms. The van der Waals surface area contributed by atoms with Gasteiger partial charge < -0.3 is 11.1 Å². The van der Waals surface area contributed by atoms with Crippen molar-refractivity contribution in [3.8, 4) is 11.1 Å². The van der Waals surface area contributed by atoms with E-state index in [9.17, 15) is 0 Å². The largest absolute Gasteiger partial charge is 0.351 e. The average molecular weight is 398 g/mol. The third-order valence-electron chi connectivity index (χ3n) is 5.32. The molecule has 152 valence electrons.